The van der Waals surface area contributed by atoms with Gasteiger partial charge in [-0.15, -0.1) is 10.2 Å². The molecule has 2 aromatic rings. The van der Waals surface area contributed by atoms with E-state index in [0.717, 1.165) is 86.0 Å². The Hall–Kier alpha value is -2.63. The summed E-state index contributed by atoms with van der Waals surface area (Å²) in [4.78, 5) is 18.1. The van der Waals surface area contributed by atoms with Crippen LogP contribution < -0.4 is 9.64 Å². The van der Waals surface area contributed by atoms with Crippen molar-refractivity contribution in [2.75, 3.05) is 37.7 Å². The minimum Gasteiger partial charge on any atom is -0.494 e. The molecule has 0 unspecified atom stereocenters. The number of aromatic nitrogens is 2. The van der Waals surface area contributed by atoms with Crippen molar-refractivity contribution in [2.24, 2.45) is 23.2 Å². The molecule has 1 aromatic heterocycles. The van der Waals surface area contributed by atoms with Gasteiger partial charge in [0.05, 0.1) is 17.7 Å². The molecule has 0 N–H and O–H groups in total. The first-order valence-corrected chi connectivity index (χ1v) is 12.7. The molecule has 1 saturated heterocycles. The van der Waals surface area contributed by atoms with Crippen LogP contribution in [0.25, 0.3) is 11.3 Å². The second kappa shape index (κ2) is 8.30. The molecule has 5 aliphatic rings. The summed E-state index contributed by atoms with van der Waals surface area (Å²) in [6.45, 7) is 5.89. The molecular weight excluding hydrogens is 412 g/mol. The third-order valence-electron chi connectivity index (χ3n) is 8.49. The summed E-state index contributed by atoms with van der Waals surface area (Å²) >= 11 is 0. The van der Waals surface area contributed by atoms with E-state index >= 15 is 0 Å². The van der Waals surface area contributed by atoms with Crippen LogP contribution in [0.15, 0.2) is 36.4 Å². The predicted octanol–water partition coefficient (Wildman–Crippen LogP) is 4.41. The highest BCUT2D eigenvalue weighted by Crippen LogP contribution is 2.60. The van der Waals surface area contributed by atoms with Crippen molar-refractivity contribution in [1.29, 1.82) is 0 Å². The van der Waals surface area contributed by atoms with Crippen molar-refractivity contribution in [3.05, 3.63) is 36.4 Å². The molecule has 6 nitrogen and oxygen atoms in total. The molecule has 7 rings (SSSR count). The van der Waals surface area contributed by atoms with Gasteiger partial charge in [0.25, 0.3) is 0 Å². The standard InChI is InChI=1S/C27H34N4O2/c1-2-33-23-5-3-22(4-6-23)24-7-8-25(29-28-24)30-9-11-31(12-10-30)26(32)27-16-19-13-20(17-27)15-21(14-19)18-27/h3-8,19-21H,2,9-18H2,1H3. The molecule has 4 bridgehead atoms. The fraction of sp³-hybridized carbons (Fsp3) is 0.593. The Morgan fingerprint density at radius 1 is 0.909 bits per heavy atom. The molecule has 174 valence electrons. The highest BCUT2D eigenvalue weighted by Gasteiger charge is 2.55. The molecule has 0 radical (unpaired) electrons. The van der Waals surface area contributed by atoms with Crippen LogP contribution in [0.5, 0.6) is 5.75 Å². The van der Waals surface area contributed by atoms with E-state index < -0.39 is 0 Å². The molecule has 1 amide bonds. The van der Waals surface area contributed by atoms with Crippen molar-refractivity contribution in [3.63, 3.8) is 0 Å². The van der Waals surface area contributed by atoms with E-state index in [4.69, 9.17) is 4.74 Å². The Morgan fingerprint density at radius 2 is 1.55 bits per heavy atom. The second-order valence-corrected chi connectivity index (χ2v) is 10.7. The lowest BCUT2D eigenvalue weighted by Gasteiger charge is -2.57. The number of carbonyl (C=O) groups excluding carboxylic acids is 1. The fourth-order valence-electron chi connectivity index (χ4n) is 7.38. The lowest BCUT2D eigenvalue weighted by atomic mass is 9.49. The van der Waals surface area contributed by atoms with E-state index in [9.17, 15) is 4.79 Å². The number of carbonyl (C=O) groups is 1. The number of nitrogens with zero attached hydrogens (tertiary/aromatic N) is 4. The summed E-state index contributed by atoms with van der Waals surface area (Å²) in [6, 6.07) is 12.1. The van der Waals surface area contributed by atoms with E-state index in [0.29, 0.717) is 12.5 Å². The minimum atomic E-state index is -0.0317. The number of rotatable bonds is 5. The summed E-state index contributed by atoms with van der Waals surface area (Å²) < 4.78 is 5.52. The number of benzene rings is 1. The van der Waals surface area contributed by atoms with Crippen molar-refractivity contribution < 1.29 is 9.53 Å². The van der Waals surface area contributed by atoms with Gasteiger partial charge in [-0.3, -0.25) is 4.79 Å². The molecule has 4 aliphatic carbocycles. The predicted molar refractivity (Wildman–Crippen MR) is 128 cm³/mol. The van der Waals surface area contributed by atoms with Crippen LogP contribution in [-0.2, 0) is 4.79 Å². The number of anilines is 1. The van der Waals surface area contributed by atoms with Gasteiger partial charge < -0.3 is 14.5 Å². The molecule has 2 heterocycles. The summed E-state index contributed by atoms with van der Waals surface area (Å²) in [5.41, 5.74) is 1.86. The zero-order chi connectivity index (χ0) is 22.4. The SMILES string of the molecule is CCOc1ccc(-c2ccc(N3CCN(C(=O)C45CC6CC(CC(C6)C4)C5)CC3)nn2)cc1. The Bertz CT molecular complexity index is 961. The molecule has 5 fully saturated rings. The summed E-state index contributed by atoms with van der Waals surface area (Å²) in [5, 5.41) is 8.97. The number of hydrogen-bond acceptors (Lipinski definition) is 5. The van der Waals surface area contributed by atoms with Gasteiger partial charge in [0, 0.05) is 31.7 Å². The highest BCUT2D eigenvalue weighted by atomic mass is 16.5. The van der Waals surface area contributed by atoms with Crippen molar-refractivity contribution in [2.45, 2.75) is 45.4 Å². The molecular formula is C27H34N4O2. The molecule has 0 spiro atoms. The maximum absolute atomic E-state index is 13.6. The topological polar surface area (TPSA) is 58.6 Å². The van der Waals surface area contributed by atoms with Crippen LogP contribution >= 0.6 is 0 Å². The van der Waals surface area contributed by atoms with Gasteiger partial charge in [-0.05, 0) is 99.6 Å². The number of piperazine rings is 1. The van der Waals surface area contributed by atoms with Crippen molar-refractivity contribution in [3.8, 4) is 17.0 Å². The van der Waals surface area contributed by atoms with E-state index in [2.05, 4.69) is 26.1 Å². The van der Waals surface area contributed by atoms with Gasteiger partial charge in [0.2, 0.25) is 5.91 Å². The number of ether oxygens (including phenoxy) is 1. The summed E-state index contributed by atoms with van der Waals surface area (Å²) in [5.74, 6) is 4.65. The summed E-state index contributed by atoms with van der Waals surface area (Å²) in [6.07, 6.45) is 7.59. The van der Waals surface area contributed by atoms with Gasteiger partial charge in [0.1, 0.15) is 5.75 Å². The summed E-state index contributed by atoms with van der Waals surface area (Å²) in [7, 11) is 0. The first-order valence-electron chi connectivity index (χ1n) is 12.7. The zero-order valence-electron chi connectivity index (χ0n) is 19.6. The van der Waals surface area contributed by atoms with Crippen LogP contribution in [-0.4, -0.2) is 53.8 Å². The Kier molecular flexibility index (Phi) is 5.27. The van der Waals surface area contributed by atoms with Gasteiger partial charge in [-0.25, -0.2) is 0 Å². The lowest BCUT2D eigenvalue weighted by Crippen LogP contribution is -2.58. The smallest absolute Gasteiger partial charge is 0.228 e. The second-order valence-electron chi connectivity index (χ2n) is 10.7. The zero-order valence-corrected chi connectivity index (χ0v) is 19.6. The molecule has 6 heteroatoms. The maximum atomic E-state index is 13.6. The Balaban J connectivity index is 1.08. The van der Waals surface area contributed by atoms with Gasteiger partial charge in [-0.1, -0.05) is 0 Å². The molecule has 0 atom stereocenters. The first kappa shape index (κ1) is 20.9. The number of hydrogen-bond donors (Lipinski definition) is 0. The quantitative estimate of drug-likeness (QED) is 0.681. The van der Waals surface area contributed by atoms with Crippen molar-refractivity contribution >= 4 is 11.7 Å². The largest absolute Gasteiger partial charge is 0.494 e. The fourth-order valence-corrected chi connectivity index (χ4v) is 7.38. The average Bonchev–Trinajstić information content (AvgIpc) is 2.84. The van der Waals surface area contributed by atoms with Crippen LogP contribution in [0.1, 0.15) is 45.4 Å². The van der Waals surface area contributed by atoms with Crippen LogP contribution in [0, 0.1) is 23.2 Å². The molecule has 1 aliphatic heterocycles. The molecule has 33 heavy (non-hydrogen) atoms. The Labute approximate surface area is 196 Å². The van der Waals surface area contributed by atoms with E-state index in [1.165, 1.54) is 19.3 Å². The van der Waals surface area contributed by atoms with E-state index in [1.807, 2.05) is 37.3 Å². The van der Waals surface area contributed by atoms with Crippen LogP contribution in [0.2, 0.25) is 0 Å². The molecule has 1 aromatic carbocycles. The Morgan fingerprint density at radius 3 is 2.09 bits per heavy atom. The molecule has 4 saturated carbocycles. The van der Waals surface area contributed by atoms with Crippen LogP contribution in [0.3, 0.4) is 0 Å². The minimum absolute atomic E-state index is 0.0317. The maximum Gasteiger partial charge on any atom is 0.228 e. The average molecular weight is 447 g/mol. The number of amides is 1. The van der Waals surface area contributed by atoms with Gasteiger partial charge >= 0.3 is 0 Å². The van der Waals surface area contributed by atoms with Crippen LogP contribution in [0.4, 0.5) is 5.82 Å². The lowest BCUT2D eigenvalue weighted by molar-refractivity contribution is -0.158. The normalized spacial score (nSPS) is 30.5. The third kappa shape index (κ3) is 3.87. The van der Waals surface area contributed by atoms with Gasteiger partial charge in [-0.2, -0.15) is 0 Å². The van der Waals surface area contributed by atoms with Crippen molar-refractivity contribution in [1.82, 2.24) is 15.1 Å². The van der Waals surface area contributed by atoms with Gasteiger partial charge in [0.15, 0.2) is 5.82 Å². The van der Waals surface area contributed by atoms with E-state index in [-0.39, 0.29) is 5.41 Å². The van der Waals surface area contributed by atoms with E-state index in [1.54, 1.807) is 0 Å². The third-order valence-corrected chi connectivity index (χ3v) is 8.49. The first-order chi connectivity index (χ1) is 16.1. The highest BCUT2D eigenvalue weighted by molar-refractivity contribution is 5.83. The monoisotopic (exact) mass is 446 g/mol.